The first-order valence-electron chi connectivity index (χ1n) is 5.55. The Labute approximate surface area is 91.4 Å². The van der Waals surface area contributed by atoms with Gasteiger partial charge >= 0.3 is 0 Å². The van der Waals surface area contributed by atoms with Crippen molar-refractivity contribution in [2.45, 2.75) is 26.2 Å². The van der Waals surface area contributed by atoms with Gasteiger partial charge in [-0.05, 0) is 37.1 Å². The first kappa shape index (κ1) is 10.4. The van der Waals surface area contributed by atoms with Crippen LogP contribution in [0, 0.1) is 0 Å². The maximum Gasteiger partial charge on any atom is 0.0656 e. The second-order valence-corrected chi connectivity index (χ2v) is 4.38. The number of pyridine rings is 1. The highest BCUT2D eigenvalue weighted by molar-refractivity contribution is 5.58. The summed E-state index contributed by atoms with van der Waals surface area (Å²) in [6.07, 6.45) is 1.09. The molecule has 1 aromatic heterocycles. The maximum absolute atomic E-state index is 4.71. The molecular formula is C13H18N2. The van der Waals surface area contributed by atoms with E-state index in [1.807, 2.05) is 6.92 Å². The lowest BCUT2D eigenvalue weighted by Crippen LogP contribution is -2.18. The van der Waals surface area contributed by atoms with Gasteiger partial charge in [0.15, 0.2) is 0 Å². The second kappa shape index (κ2) is 4.15. The highest BCUT2D eigenvalue weighted by Gasteiger charge is 2.16. The number of allylic oxidation sites excluding steroid dienone is 1. The third-order valence-electron chi connectivity index (χ3n) is 2.94. The van der Waals surface area contributed by atoms with Gasteiger partial charge in [-0.2, -0.15) is 0 Å². The van der Waals surface area contributed by atoms with Crippen LogP contribution in [0.3, 0.4) is 0 Å². The fraction of sp³-hybridized carbons (Fsp3) is 0.462. The van der Waals surface area contributed by atoms with Crippen molar-refractivity contribution in [3.63, 3.8) is 0 Å². The molecule has 2 nitrogen and oxygen atoms in total. The Morgan fingerprint density at radius 2 is 2.33 bits per heavy atom. The number of aromatic nitrogens is 1. The molecule has 1 atom stereocenters. The number of fused-ring (bicyclic) bond motifs is 1. The van der Waals surface area contributed by atoms with E-state index < -0.39 is 0 Å². The molecule has 1 N–H and O–H groups in total. The summed E-state index contributed by atoms with van der Waals surface area (Å²) in [5.41, 5.74) is 4.71. The lowest BCUT2D eigenvalue weighted by atomic mass is 10.0. The zero-order chi connectivity index (χ0) is 10.8. The molecule has 1 unspecified atom stereocenters. The van der Waals surface area contributed by atoms with Crippen LogP contribution < -0.4 is 5.32 Å². The third-order valence-corrected chi connectivity index (χ3v) is 2.94. The van der Waals surface area contributed by atoms with E-state index >= 15 is 0 Å². The van der Waals surface area contributed by atoms with Crippen LogP contribution in [0.25, 0.3) is 5.57 Å². The van der Waals surface area contributed by atoms with Crippen molar-refractivity contribution < 1.29 is 0 Å². The van der Waals surface area contributed by atoms with Crippen LogP contribution in [-0.4, -0.2) is 18.1 Å². The van der Waals surface area contributed by atoms with E-state index in [0.29, 0.717) is 5.92 Å². The topological polar surface area (TPSA) is 24.9 Å². The molecule has 0 saturated carbocycles. The van der Waals surface area contributed by atoms with Gasteiger partial charge in [0.25, 0.3) is 0 Å². The molecule has 0 bridgehead atoms. The average molecular weight is 202 g/mol. The van der Waals surface area contributed by atoms with Crippen molar-refractivity contribution in [3.05, 3.63) is 35.7 Å². The maximum atomic E-state index is 4.71. The first-order chi connectivity index (χ1) is 7.18. The molecular weight excluding hydrogens is 184 g/mol. The molecule has 1 aliphatic heterocycles. The summed E-state index contributed by atoms with van der Waals surface area (Å²) in [6, 6.07) is 4.29. The molecule has 2 heterocycles. The molecule has 0 aromatic carbocycles. The third kappa shape index (κ3) is 2.10. The molecule has 0 fully saturated rings. The van der Waals surface area contributed by atoms with E-state index in [-0.39, 0.29) is 0 Å². The van der Waals surface area contributed by atoms with E-state index in [1.54, 1.807) is 0 Å². The fourth-order valence-electron chi connectivity index (χ4n) is 2.02. The van der Waals surface area contributed by atoms with Gasteiger partial charge in [-0.3, -0.25) is 4.98 Å². The van der Waals surface area contributed by atoms with Crippen LogP contribution in [0.15, 0.2) is 18.7 Å². The van der Waals surface area contributed by atoms with E-state index in [4.69, 9.17) is 4.98 Å². The molecule has 80 valence electrons. The monoisotopic (exact) mass is 202 g/mol. The van der Waals surface area contributed by atoms with Gasteiger partial charge in [0.05, 0.1) is 5.69 Å². The molecule has 2 rings (SSSR count). The average Bonchev–Trinajstić information content (AvgIpc) is 2.40. The molecule has 0 aliphatic carbocycles. The van der Waals surface area contributed by atoms with Crippen LogP contribution >= 0.6 is 0 Å². The number of nitrogens with zero attached hydrogens (tertiary/aromatic N) is 1. The quantitative estimate of drug-likeness (QED) is 0.756. The Hall–Kier alpha value is -1.15. The predicted octanol–water partition coefficient (Wildman–Crippen LogP) is 2.36. The molecule has 2 heteroatoms. The normalized spacial score (nSPS) is 20.5. The van der Waals surface area contributed by atoms with Crippen LogP contribution in [0.5, 0.6) is 0 Å². The van der Waals surface area contributed by atoms with Gasteiger partial charge in [0, 0.05) is 18.2 Å². The number of hydrogen-bond donors (Lipinski definition) is 1. The van der Waals surface area contributed by atoms with Gasteiger partial charge in [0.1, 0.15) is 0 Å². The van der Waals surface area contributed by atoms with E-state index in [9.17, 15) is 0 Å². The summed E-state index contributed by atoms with van der Waals surface area (Å²) in [5.74, 6) is 0.502. The van der Waals surface area contributed by atoms with E-state index in [2.05, 4.69) is 31.0 Å². The van der Waals surface area contributed by atoms with Gasteiger partial charge < -0.3 is 5.32 Å². The summed E-state index contributed by atoms with van der Waals surface area (Å²) < 4.78 is 0. The minimum absolute atomic E-state index is 0.502. The number of rotatable bonds is 1. The molecule has 1 aliphatic rings. The van der Waals surface area contributed by atoms with Crippen LogP contribution in [0.1, 0.15) is 36.7 Å². The molecule has 0 radical (unpaired) electrons. The fourth-order valence-corrected chi connectivity index (χ4v) is 2.02. The highest BCUT2D eigenvalue weighted by atomic mass is 14.9. The largest absolute Gasteiger partial charge is 0.316 e. The number of nitrogens with one attached hydrogen (secondary N) is 1. The zero-order valence-electron chi connectivity index (χ0n) is 9.51. The summed E-state index contributed by atoms with van der Waals surface area (Å²) >= 11 is 0. The molecule has 0 spiro atoms. The minimum atomic E-state index is 0.502. The van der Waals surface area contributed by atoms with Gasteiger partial charge in [-0.1, -0.05) is 19.6 Å². The molecule has 0 amide bonds. The Bertz CT molecular complexity index is 382. The Balaban J connectivity index is 2.44. The summed E-state index contributed by atoms with van der Waals surface area (Å²) in [7, 11) is 0. The predicted molar refractivity (Wildman–Crippen MR) is 63.9 cm³/mol. The molecule has 1 aromatic rings. The number of hydrogen-bond acceptors (Lipinski definition) is 2. The minimum Gasteiger partial charge on any atom is -0.316 e. The standard InChI is InChI=1S/C13H18N2/c1-9(2)12-5-4-11-6-7-14-8-10(3)13(11)15-12/h4-5,10,14H,1,6-8H2,2-3H3. The Morgan fingerprint density at radius 3 is 3.07 bits per heavy atom. The van der Waals surface area contributed by atoms with Crippen molar-refractivity contribution in [2.75, 3.05) is 13.1 Å². The summed E-state index contributed by atoms with van der Waals surface area (Å²) in [6.45, 7) is 10.3. The first-order valence-corrected chi connectivity index (χ1v) is 5.55. The van der Waals surface area contributed by atoms with Crippen molar-refractivity contribution in [1.82, 2.24) is 10.3 Å². The van der Waals surface area contributed by atoms with Crippen molar-refractivity contribution in [1.29, 1.82) is 0 Å². The smallest absolute Gasteiger partial charge is 0.0656 e. The highest BCUT2D eigenvalue weighted by Crippen LogP contribution is 2.22. The SMILES string of the molecule is C=C(C)c1ccc2c(n1)C(C)CNCC2. The van der Waals surface area contributed by atoms with Crippen molar-refractivity contribution in [2.24, 2.45) is 0 Å². The van der Waals surface area contributed by atoms with E-state index in [0.717, 1.165) is 30.8 Å². The second-order valence-electron chi connectivity index (χ2n) is 4.38. The summed E-state index contributed by atoms with van der Waals surface area (Å²) in [5, 5.41) is 3.43. The Kier molecular flexibility index (Phi) is 2.87. The van der Waals surface area contributed by atoms with Crippen molar-refractivity contribution >= 4 is 5.57 Å². The van der Waals surface area contributed by atoms with Gasteiger partial charge in [-0.15, -0.1) is 0 Å². The van der Waals surface area contributed by atoms with Crippen LogP contribution in [-0.2, 0) is 6.42 Å². The molecule has 15 heavy (non-hydrogen) atoms. The summed E-state index contributed by atoms with van der Waals surface area (Å²) in [4.78, 5) is 4.71. The van der Waals surface area contributed by atoms with Crippen molar-refractivity contribution in [3.8, 4) is 0 Å². The lowest BCUT2D eigenvalue weighted by Gasteiger charge is -2.12. The lowest BCUT2D eigenvalue weighted by molar-refractivity contribution is 0.635. The zero-order valence-corrected chi connectivity index (χ0v) is 9.51. The van der Waals surface area contributed by atoms with Gasteiger partial charge in [-0.25, -0.2) is 0 Å². The Morgan fingerprint density at radius 1 is 1.53 bits per heavy atom. The van der Waals surface area contributed by atoms with Crippen LogP contribution in [0.2, 0.25) is 0 Å². The van der Waals surface area contributed by atoms with E-state index in [1.165, 1.54) is 11.3 Å². The molecule has 0 saturated heterocycles. The van der Waals surface area contributed by atoms with Crippen LogP contribution in [0.4, 0.5) is 0 Å². The van der Waals surface area contributed by atoms with Gasteiger partial charge in [0.2, 0.25) is 0 Å².